The van der Waals surface area contributed by atoms with E-state index in [4.69, 9.17) is 16.0 Å². The van der Waals surface area contributed by atoms with Crippen molar-refractivity contribution in [3.05, 3.63) is 19.5 Å². The van der Waals surface area contributed by atoms with Gasteiger partial charge in [-0.25, -0.2) is 0 Å². The maximum absolute atomic E-state index is 5.58. The minimum Gasteiger partial charge on any atom is -0.421 e. The number of rotatable bonds is 3. The molecule has 0 fully saturated rings. The van der Waals surface area contributed by atoms with Crippen molar-refractivity contribution in [1.82, 2.24) is 10.2 Å². The summed E-state index contributed by atoms with van der Waals surface area (Å²) in [6.45, 7) is 0. The standard InChI is InChI=1S/C8H5Br2ClN2OS/c9-5-3-4(7(10)15-5)8-13-12-6(14-8)1-2-11/h3H,1-2H2. The molecule has 2 aromatic heterocycles. The average molecular weight is 372 g/mol. The molecule has 15 heavy (non-hydrogen) atoms. The Hall–Kier alpha value is 0.0900. The van der Waals surface area contributed by atoms with Crippen molar-refractivity contribution in [3.8, 4) is 11.5 Å². The fourth-order valence-electron chi connectivity index (χ4n) is 1.03. The molecule has 0 amide bonds. The number of thiophene rings is 1. The van der Waals surface area contributed by atoms with Gasteiger partial charge in [-0.2, -0.15) is 0 Å². The molecule has 7 heteroatoms. The second kappa shape index (κ2) is 4.95. The second-order valence-corrected chi connectivity index (χ2v) is 6.81. The number of aryl methyl sites for hydroxylation is 1. The summed E-state index contributed by atoms with van der Waals surface area (Å²) in [6.07, 6.45) is 0.595. The van der Waals surface area contributed by atoms with Gasteiger partial charge in [0.2, 0.25) is 11.8 Å². The molecule has 0 spiro atoms. The van der Waals surface area contributed by atoms with E-state index in [0.717, 1.165) is 13.1 Å². The van der Waals surface area contributed by atoms with Gasteiger partial charge in [0, 0.05) is 12.3 Å². The zero-order valence-electron chi connectivity index (χ0n) is 7.34. The molecular weight excluding hydrogens is 367 g/mol. The van der Waals surface area contributed by atoms with Crippen LogP contribution in [-0.4, -0.2) is 16.1 Å². The monoisotopic (exact) mass is 370 g/mol. The van der Waals surface area contributed by atoms with Gasteiger partial charge < -0.3 is 4.42 Å². The number of nitrogens with zero attached hydrogens (tertiary/aromatic N) is 2. The smallest absolute Gasteiger partial charge is 0.249 e. The van der Waals surface area contributed by atoms with E-state index in [1.807, 2.05) is 6.07 Å². The Balaban J connectivity index is 2.32. The third-order valence-corrected chi connectivity index (χ3v) is 4.19. The normalized spacial score (nSPS) is 10.9. The molecule has 0 aromatic carbocycles. The van der Waals surface area contributed by atoms with Crippen molar-refractivity contribution in [2.24, 2.45) is 0 Å². The molecule has 2 rings (SSSR count). The van der Waals surface area contributed by atoms with Gasteiger partial charge in [0.25, 0.3) is 0 Å². The van der Waals surface area contributed by atoms with E-state index >= 15 is 0 Å². The molecule has 0 saturated carbocycles. The van der Waals surface area contributed by atoms with E-state index in [1.54, 1.807) is 11.3 Å². The van der Waals surface area contributed by atoms with E-state index in [9.17, 15) is 0 Å². The molecule has 0 aliphatic carbocycles. The van der Waals surface area contributed by atoms with Crippen molar-refractivity contribution >= 4 is 54.8 Å². The second-order valence-electron chi connectivity index (χ2n) is 2.68. The molecule has 0 aliphatic rings. The van der Waals surface area contributed by atoms with Gasteiger partial charge in [-0.3, -0.25) is 0 Å². The van der Waals surface area contributed by atoms with Gasteiger partial charge >= 0.3 is 0 Å². The predicted octanol–water partition coefficient (Wildman–Crippen LogP) is 4.10. The van der Waals surface area contributed by atoms with Gasteiger partial charge in [0.1, 0.15) is 0 Å². The number of alkyl halides is 1. The quantitative estimate of drug-likeness (QED) is 0.762. The molecule has 2 aromatic rings. The van der Waals surface area contributed by atoms with Crippen molar-refractivity contribution in [2.75, 3.05) is 5.88 Å². The van der Waals surface area contributed by atoms with Gasteiger partial charge in [0.15, 0.2) is 0 Å². The highest BCUT2D eigenvalue weighted by atomic mass is 79.9. The summed E-state index contributed by atoms with van der Waals surface area (Å²) in [5.74, 6) is 1.56. The number of hydrogen-bond acceptors (Lipinski definition) is 4. The molecule has 3 nitrogen and oxygen atoms in total. The Kier molecular flexibility index (Phi) is 3.82. The van der Waals surface area contributed by atoms with Crippen LogP contribution in [0, 0.1) is 0 Å². The number of aromatic nitrogens is 2. The first kappa shape index (κ1) is 11.6. The van der Waals surface area contributed by atoms with Crippen LogP contribution in [0.1, 0.15) is 5.89 Å². The van der Waals surface area contributed by atoms with Crippen LogP contribution >= 0.6 is 54.8 Å². The summed E-state index contributed by atoms with van der Waals surface area (Å²) >= 11 is 14.0. The first-order valence-corrected chi connectivity index (χ1v) is 6.98. The molecule has 0 radical (unpaired) electrons. The largest absolute Gasteiger partial charge is 0.421 e. The third kappa shape index (κ3) is 2.61. The highest BCUT2D eigenvalue weighted by molar-refractivity contribution is 9.12. The van der Waals surface area contributed by atoms with E-state index < -0.39 is 0 Å². The van der Waals surface area contributed by atoms with Crippen molar-refractivity contribution in [3.63, 3.8) is 0 Å². The first-order chi connectivity index (χ1) is 7.20. The molecular formula is C8H5Br2ClN2OS. The van der Waals surface area contributed by atoms with Crippen LogP contribution in [0.4, 0.5) is 0 Å². The molecule has 0 aliphatic heterocycles. The maximum Gasteiger partial charge on any atom is 0.249 e. The van der Waals surface area contributed by atoms with E-state index in [-0.39, 0.29) is 0 Å². The molecule has 0 saturated heterocycles. The Morgan fingerprint density at radius 1 is 1.40 bits per heavy atom. The van der Waals surface area contributed by atoms with Crippen molar-refractivity contribution < 1.29 is 4.42 Å². The Morgan fingerprint density at radius 2 is 2.20 bits per heavy atom. The van der Waals surface area contributed by atoms with Crippen LogP contribution in [0.25, 0.3) is 11.5 Å². The van der Waals surface area contributed by atoms with Crippen LogP contribution in [0.2, 0.25) is 0 Å². The molecule has 2 heterocycles. The lowest BCUT2D eigenvalue weighted by Crippen LogP contribution is -1.84. The zero-order chi connectivity index (χ0) is 10.8. The summed E-state index contributed by atoms with van der Waals surface area (Å²) in [6, 6.07) is 1.94. The third-order valence-electron chi connectivity index (χ3n) is 1.66. The fraction of sp³-hybridized carbons (Fsp3) is 0.250. The van der Waals surface area contributed by atoms with Gasteiger partial charge in [0.05, 0.1) is 13.1 Å². The van der Waals surface area contributed by atoms with Crippen LogP contribution in [0.5, 0.6) is 0 Å². The molecule has 0 bridgehead atoms. The minimum atomic E-state index is 0.482. The summed E-state index contributed by atoms with van der Waals surface area (Å²) in [5.41, 5.74) is 0.903. The predicted molar refractivity (Wildman–Crippen MR) is 67.4 cm³/mol. The SMILES string of the molecule is ClCCc1nnc(-c2cc(Br)sc2Br)o1. The van der Waals surface area contributed by atoms with Crippen LogP contribution in [-0.2, 0) is 6.42 Å². The van der Waals surface area contributed by atoms with Crippen molar-refractivity contribution in [1.29, 1.82) is 0 Å². The lowest BCUT2D eigenvalue weighted by molar-refractivity contribution is 0.513. The topological polar surface area (TPSA) is 38.9 Å². The Morgan fingerprint density at radius 3 is 2.80 bits per heavy atom. The fourth-order valence-corrected chi connectivity index (χ4v) is 3.97. The van der Waals surface area contributed by atoms with Crippen LogP contribution in [0.15, 0.2) is 18.1 Å². The summed E-state index contributed by atoms with van der Waals surface area (Å²) in [5, 5.41) is 7.86. The summed E-state index contributed by atoms with van der Waals surface area (Å²) in [4.78, 5) is 0. The number of halogens is 3. The lowest BCUT2D eigenvalue weighted by atomic mass is 10.3. The summed E-state index contributed by atoms with van der Waals surface area (Å²) < 4.78 is 7.44. The highest BCUT2D eigenvalue weighted by Crippen LogP contribution is 2.37. The lowest BCUT2D eigenvalue weighted by Gasteiger charge is -1.89. The van der Waals surface area contributed by atoms with Gasteiger partial charge in [-0.05, 0) is 37.9 Å². The Bertz CT molecular complexity index is 471. The average Bonchev–Trinajstić information content (AvgIpc) is 2.73. The molecule has 80 valence electrons. The van der Waals surface area contributed by atoms with Crippen LogP contribution < -0.4 is 0 Å². The molecule has 0 atom stereocenters. The Labute approximate surface area is 112 Å². The van der Waals surface area contributed by atoms with E-state index in [0.29, 0.717) is 24.1 Å². The van der Waals surface area contributed by atoms with Gasteiger partial charge in [-0.1, -0.05) is 0 Å². The first-order valence-electron chi connectivity index (χ1n) is 4.04. The molecule has 0 unspecified atom stereocenters. The van der Waals surface area contributed by atoms with Crippen molar-refractivity contribution in [2.45, 2.75) is 6.42 Å². The minimum absolute atomic E-state index is 0.482. The van der Waals surface area contributed by atoms with Crippen LogP contribution in [0.3, 0.4) is 0 Å². The highest BCUT2D eigenvalue weighted by Gasteiger charge is 2.14. The van der Waals surface area contributed by atoms with E-state index in [1.165, 1.54) is 0 Å². The maximum atomic E-state index is 5.58. The van der Waals surface area contributed by atoms with Gasteiger partial charge in [-0.15, -0.1) is 33.1 Å². The van der Waals surface area contributed by atoms with E-state index in [2.05, 4.69) is 42.1 Å². The zero-order valence-corrected chi connectivity index (χ0v) is 12.1. The number of hydrogen-bond donors (Lipinski definition) is 0. The summed E-state index contributed by atoms with van der Waals surface area (Å²) in [7, 11) is 0. The molecule has 0 N–H and O–H groups in total.